The maximum atomic E-state index is 12.8. The number of aromatic nitrogens is 2. The molecule has 0 aromatic carbocycles. The van der Waals surface area contributed by atoms with E-state index in [4.69, 9.17) is 9.15 Å². The Balaban J connectivity index is 1.76. The number of thiophene rings is 1. The molecule has 1 aliphatic rings. The Labute approximate surface area is 130 Å². The van der Waals surface area contributed by atoms with Crippen molar-refractivity contribution in [2.24, 2.45) is 0 Å². The van der Waals surface area contributed by atoms with Crippen molar-refractivity contribution < 1.29 is 9.15 Å². The molecule has 1 fully saturated rings. The quantitative estimate of drug-likeness (QED) is 0.796. The summed E-state index contributed by atoms with van der Waals surface area (Å²) in [5.41, 5.74) is 0.756. The second kappa shape index (κ2) is 5.68. The van der Waals surface area contributed by atoms with E-state index in [1.165, 1.54) is 11.3 Å². The molecule has 1 aliphatic heterocycles. The number of furan rings is 1. The third kappa shape index (κ3) is 2.37. The van der Waals surface area contributed by atoms with Crippen molar-refractivity contribution in [2.45, 2.75) is 12.6 Å². The average Bonchev–Trinajstić information content (AvgIpc) is 3.20. The fourth-order valence-corrected chi connectivity index (χ4v) is 3.55. The maximum absolute atomic E-state index is 12.8. The molecule has 1 atom stereocenters. The van der Waals surface area contributed by atoms with Crippen LogP contribution in [0.2, 0.25) is 0 Å². The summed E-state index contributed by atoms with van der Waals surface area (Å²) < 4.78 is 12.7. The number of nitrogens with one attached hydrogen (secondary N) is 1. The molecule has 0 aliphatic carbocycles. The van der Waals surface area contributed by atoms with Crippen LogP contribution in [0.4, 0.5) is 0 Å². The zero-order chi connectivity index (χ0) is 14.9. The number of fused-ring (bicyclic) bond motifs is 1. The summed E-state index contributed by atoms with van der Waals surface area (Å²) in [5.74, 6) is 0.693. The topological polar surface area (TPSA) is 69.3 Å². The Kier molecular flexibility index (Phi) is 3.53. The van der Waals surface area contributed by atoms with E-state index in [0.29, 0.717) is 24.3 Å². The van der Waals surface area contributed by atoms with Gasteiger partial charge in [0.05, 0.1) is 37.2 Å². The van der Waals surface area contributed by atoms with E-state index in [-0.39, 0.29) is 11.7 Å². The standard InChI is InChI=1S/C15H15N3O3S/c19-15-13-11(12-2-1-4-21-12)8-22-14(13)17-9-18(15)7-10-6-16-3-5-20-10/h1-2,4,8-10,16H,3,5-7H2/t10-/m0/s1. The fraction of sp³-hybridized carbons (Fsp3) is 0.333. The fourth-order valence-electron chi connectivity index (χ4n) is 2.67. The van der Waals surface area contributed by atoms with Gasteiger partial charge in [0.15, 0.2) is 0 Å². The van der Waals surface area contributed by atoms with Gasteiger partial charge in [-0.2, -0.15) is 0 Å². The number of hydrogen-bond donors (Lipinski definition) is 1. The largest absolute Gasteiger partial charge is 0.464 e. The second-order valence-corrected chi connectivity index (χ2v) is 6.06. The predicted molar refractivity (Wildman–Crippen MR) is 84.2 cm³/mol. The van der Waals surface area contributed by atoms with Gasteiger partial charge in [-0.1, -0.05) is 0 Å². The van der Waals surface area contributed by atoms with Crippen molar-refractivity contribution in [2.75, 3.05) is 19.7 Å². The van der Waals surface area contributed by atoms with E-state index in [1.807, 2.05) is 17.5 Å². The van der Waals surface area contributed by atoms with Crippen LogP contribution in [0.25, 0.3) is 21.5 Å². The minimum absolute atomic E-state index is 0.00333. The number of hydrogen-bond acceptors (Lipinski definition) is 6. The van der Waals surface area contributed by atoms with Crippen molar-refractivity contribution in [3.05, 3.63) is 40.5 Å². The number of morpholine rings is 1. The highest BCUT2D eigenvalue weighted by molar-refractivity contribution is 7.17. The molecular formula is C15H15N3O3S. The van der Waals surface area contributed by atoms with Crippen molar-refractivity contribution >= 4 is 21.6 Å². The van der Waals surface area contributed by atoms with E-state index in [1.54, 1.807) is 17.2 Å². The lowest BCUT2D eigenvalue weighted by Gasteiger charge is -2.24. The summed E-state index contributed by atoms with van der Waals surface area (Å²) >= 11 is 1.45. The molecule has 1 saturated heterocycles. The maximum Gasteiger partial charge on any atom is 0.262 e. The van der Waals surface area contributed by atoms with Gasteiger partial charge in [0.25, 0.3) is 5.56 Å². The van der Waals surface area contributed by atoms with Crippen molar-refractivity contribution in [1.29, 1.82) is 0 Å². The minimum atomic E-state index is -0.0492. The SMILES string of the molecule is O=c1c2c(-c3ccco3)csc2ncn1C[C@@H]1CNCCO1. The first-order chi connectivity index (χ1) is 10.8. The molecule has 7 heteroatoms. The molecule has 0 radical (unpaired) electrons. The van der Waals surface area contributed by atoms with E-state index < -0.39 is 0 Å². The molecule has 0 bridgehead atoms. The highest BCUT2D eigenvalue weighted by Gasteiger charge is 2.18. The Bertz CT molecular complexity index is 831. The third-order valence-corrected chi connectivity index (χ3v) is 4.64. The first-order valence-corrected chi connectivity index (χ1v) is 8.04. The molecule has 0 spiro atoms. The normalized spacial score (nSPS) is 18.8. The van der Waals surface area contributed by atoms with Crippen LogP contribution in [-0.2, 0) is 11.3 Å². The van der Waals surface area contributed by atoms with Gasteiger partial charge < -0.3 is 14.5 Å². The van der Waals surface area contributed by atoms with Crippen LogP contribution in [0.1, 0.15) is 0 Å². The van der Waals surface area contributed by atoms with E-state index in [2.05, 4.69) is 10.3 Å². The van der Waals surface area contributed by atoms with Gasteiger partial charge in [-0.05, 0) is 12.1 Å². The number of ether oxygens (including phenoxy) is 1. The lowest BCUT2D eigenvalue weighted by atomic mass is 10.2. The molecule has 6 nitrogen and oxygen atoms in total. The van der Waals surface area contributed by atoms with Crippen LogP contribution in [-0.4, -0.2) is 35.4 Å². The van der Waals surface area contributed by atoms with Crippen LogP contribution >= 0.6 is 11.3 Å². The summed E-state index contributed by atoms with van der Waals surface area (Å²) in [5, 5.41) is 5.80. The lowest BCUT2D eigenvalue weighted by Crippen LogP contribution is -2.42. The number of rotatable bonds is 3. The van der Waals surface area contributed by atoms with Gasteiger partial charge in [-0.15, -0.1) is 11.3 Å². The zero-order valence-electron chi connectivity index (χ0n) is 11.8. The average molecular weight is 317 g/mol. The first kappa shape index (κ1) is 13.7. The smallest absolute Gasteiger partial charge is 0.262 e. The summed E-state index contributed by atoms with van der Waals surface area (Å²) in [6, 6.07) is 3.67. The van der Waals surface area contributed by atoms with Crippen molar-refractivity contribution in [3.63, 3.8) is 0 Å². The molecule has 4 rings (SSSR count). The Morgan fingerprint density at radius 3 is 3.23 bits per heavy atom. The van der Waals surface area contributed by atoms with Gasteiger partial charge in [0.2, 0.25) is 0 Å². The summed E-state index contributed by atoms with van der Waals surface area (Å²) in [6.45, 7) is 2.78. The molecule has 3 aromatic rings. The van der Waals surface area contributed by atoms with Crippen LogP contribution in [0.3, 0.4) is 0 Å². The Hall–Kier alpha value is -1.96. The molecule has 0 saturated carbocycles. The zero-order valence-corrected chi connectivity index (χ0v) is 12.6. The first-order valence-electron chi connectivity index (χ1n) is 7.16. The Morgan fingerprint density at radius 1 is 1.50 bits per heavy atom. The van der Waals surface area contributed by atoms with Gasteiger partial charge in [0, 0.05) is 24.0 Å². The summed E-state index contributed by atoms with van der Waals surface area (Å²) in [4.78, 5) is 17.9. The summed E-state index contributed by atoms with van der Waals surface area (Å²) in [6.07, 6.45) is 3.21. The Morgan fingerprint density at radius 2 is 2.45 bits per heavy atom. The summed E-state index contributed by atoms with van der Waals surface area (Å²) in [7, 11) is 0. The predicted octanol–water partition coefficient (Wildman–Crippen LogP) is 1.71. The monoisotopic (exact) mass is 317 g/mol. The number of nitrogens with zero attached hydrogens (tertiary/aromatic N) is 2. The highest BCUT2D eigenvalue weighted by atomic mass is 32.1. The van der Waals surface area contributed by atoms with E-state index in [0.717, 1.165) is 23.5 Å². The van der Waals surface area contributed by atoms with Gasteiger partial charge in [-0.3, -0.25) is 9.36 Å². The van der Waals surface area contributed by atoms with Crippen molar-refractivity contribution in [3.8, 4) is 11.3 Å². The third-order valence-electron chi connectivity index (χ3n) is 3.75. The van der Waals surface area contributed by atoms with Gasteiger partial charge in [-0.25, -0.2) is 4.98 Å². The van der Waals surface area contributed by atoms with Crippen LogP contribution in [0, 0.1) is 0 Å². The molecular weight excluding hydrogens is 302 g/mol. The van der Waals surface area contributed by atoms with Gasteiger partial charge >= 0.3 is 0 Å². The molecule has 22 heavy (non-hydrogen) atoms. The molecule has 3 aromatic heterocycles. The molecule has 0 unspecified atom stereocenters. The molecule has 114 valence electrons. The van der Waals surface area contributed by atoms with E-state index in [9.17, 15) is 4.79 Å². The lowest BCUT2D eigenvalue weighted by molar-refractivity contribution is 0.0175. The molecule has 4 heterocycles. The second-order valence-electron chi connectivity index (χ2n) is 5.21. The molecule has 0 amide bonds. The van der Waals surface area contributed by atoms with Crippen LogP contribution < -0.4 is 10.9 Å². The molecule has 1 N–H and O–H groups in total. The van der Waals surface area contributed by atoms with Crippen LogP contribution in [0.5, 0.6) is 0 Å². The van der Waals surface area contributed by atoms with Crippen molar-refractivity contribution in [1.82, 2.24) is 14.9 Å². The minimum Gasteiger partial charge on any atom is -0.464 e. The highest BCUT2D eigenvalue weighted by Crippen LogP contribution is 2.30. The van der Waals surface area contributed by atoms with E-state index >= 15 is 0 Å². The van der Waals surface area contributed by atoms with Gasteiger partial charge in [0.1, 0.15) is 10.6 Å². The van der Waals surface area contributed by atoms with Crippen LogP contribution in [0.15, 0.2) is 39.3 Å².